The van der Waals surface area contributed by atoms with Gasteiger partial charge < -0.3 is 0 Å². The van der Waals surface area contributed by atoms with Crippen molar-refractivity contribution >= 4 is 0 Å². The molecule has 16 heavy (non-hydrogen) atoms. The number of hydrazine groups is 1. The van der Waals surface area contributed by atoms with Gasteiger partial charge in [0.1, 0.15) is 0 Å². The van der Waals surface area contributed by atoms with Crippen molar-refractivity contribution in [1.29, 1.82) is 0 Å². The van der Waals surface area contributed by atoms with E-state index in [0.717, 1.165) is 6.42 Å². The Hall–Kier alpha value is -1.30. The molecule has 1 rings (SSSR count). The van der Waals surface area contributed by atoms with E-state index >= 15 is 0 Å². The van der Waals surface area contributed by atoms with E-state index in [1.54, 1.807) is 0 Å². The second kappa shape index (κ2) is 6.32. The van der Waals surface area contributed by atoms with Gasteiger partial charge in [0.25, 0.3) is 0 Å². The number of benzene rings is 1. The standard InChI is InChI=1S/C14H20N2/c1-4-11(3)14(13(5-2)16-15)12-9-7-6-8-10-12/h2,6-11,13-14,16H,4,15H2,1,3H3. The lowest BCUT2D eigenvalue weighted by Crippen LogP contribution is -2.40. The second-order valence-electron chi connectivity index (χ2n) is 4.13. The molecule has 1 aromatic rings. The fourth-order valence-corrected chi connectivity index (χ4v) is 2.03. The fraction of sp³-hybridized carbons (Fsp3) is 0.429. The van der Waals surface area contributed by atoms with Crippen molar-refractivity contribution in [2.45, 2.75) is 32.2 Å². The van der Waals surface area contributed by atoms with Gasteiger partial charge in [-0.15, -0.1) is 6.42 Å². The highest BCUT2D eigenvalue weighted by atomic mass is 15.2. The summed E-state index contributed by atoms with van der Waals surface area (Å²) in [7, 11) is 0. The van der Waals surface area contributed by atoms with Gasteiger partial charge in [-0.1, -0.05) is 56.5 Å². The molecule has 0 aliphatic carbocycles. The first-order valence-corrected chi connectivity index (χ1v) is 5.71. The van der Waals surface area contributed by atoms with Crippen LogP contribution in [0.3, 0.4) is 0 Å². The van der Waals surface area contributed by atoms with Gasteiger partial charge in [0.2, 0.25) is 0 Å². The second-order valence-corrected chi connectivity index (χ2v) is 4.13. The van der Waals surface area contributed by atoms with Gasteiger partial charge in [-0.05, 0) is 11.5 Å². The Morgan fingerprint density at radius 2 is 2.00 bits per heavy atom. The van der Waals surface area contributed by atoms with Crippen LogP contribution in [0, 0.1) is 18.3 Å². The van der Waals surface area contributed by atoms with Crippen LogP contribution in [0.5, 0.6) is 0 Å². The molecule has 0 spiro atoms. The largest absolute Gasteiger partial charge is 0.270 e. The minimum absolute atomic E-state index is 0.114. The van der Waals surface area contributed by atoms with Gasteiger partial charge in [0.05, 0.1) is 6.04 Å². The summed E-state index contributed by atoms with van der Waals surface area (Å²) in [6.07, 6.45) is 6.60. The van der Waals surface area contributed by atoms with E-state index in [1.165, 1.54) is 5.56 Å². The van der Waals surface area contributed by atoms with Crippen LogP contribution in [0.1, 0.15) is 31.7 Å². The summed E-state index contributed by atoms with van der Waals surface area (Å²) < 4.78 is 0. The Balaban J connectivity index is 3.01. The van der Waals surface area contributed by atoms with E-state index in [1.807, 2.05) is 18.2 Å². The molecule has 0 fully saturated rings. The third kappa shape index (κ3) is 2.85. The Morgan fingerprint density at radius 1 is 1.38 bits per heavy atom. The molecule has 0 amide bonds. The number of terminal acetylenes is 1. The van der Waals surface area contributed by atoms with Crippen LogP contribution in [-0.4, -0.2) is 6.04 Å². The molecule has 2 heteroatoms. The molecule has 0 aliphatic rings. The van der Waals surface area contributed by atoms with Crippen molar-refractivity contribution in [1.82, 2.24) is 5.43 Å². The summed E-state index contributed by atoms with van der Waals surface area (Å²) in [4.78, 5) is 0. The molecule has 86 valence electrons. The Labute approximate surface area is 98.2 Å². The van der Waals surface area contributed by atoms with Gasteiger partial charge in [-0.3, -0.25) is 5.84 Å². The molecule has 0 bridgehead atoms. The third-order valence-corrected chi connectivity index (χ3v) is 3.16. The van der Waals surface area contributed by atoms with Crippen LogP contribution in [0.15, 0.2) is 30.3 Å². The first-order valence-electron chi connectivity index (χ1n) is 5.71. The number of hydrogen-bond acceptors (Lipinski definition) is 2. The maximum absolute atomic E-state index is 5.52. The van der Waals surface area contributed by atoms with E-state index in [4.69, 9.17) is 12.3 Å². The molecule has 3 unspecified atom stereocenters. The van der Waals surface area contributed by atoms with Gasteiger partial charge in [-0.25, -0.2) is 5.43 Å². The Morgan fingerprint density at radius 3 is 2.44 bits per heavy atom. The average molecular weight is 216 g/mol. The van der Waals surface area contributed by atoms with Crippen LogP contribution < -0.4 is 11.3 Å². The quantitative estimate of drug-likeness (QED) is 0.450. The number of nitrogens with one attached hydrogen (secondary N) is 1. The zero-order chi connectivity index (χ0) is 12.0. The van der Waals surface area contributed by atoms with Crippen molar-refractivity contribution in [3.63, 3.8) is 0 Å². The predicted octanol–water partition coefficient (Wildman–Crippen LogP) is 2.28. The third-order valence-electron chi connectivity index (χ3n) is 3.16. The molecule has 0 radical (unpaired) electrons. The van der Waals surface area contributed by atoms with Gasteiger partial charge in [0, 0.05) is 5.92 Å². The molecule has 3 N–H and O–H groups in total. The van der Waals surface area contributed by atoms with Crippen molar-refractivity contribution in [3.05, 3.63) is 35.9 Å². The Bertz CT molecular complexity index is 340. The van der Waals surface area contributed by atoms with Crippen LogP contribution in [-0.2, 0) is 0 Å². The van der Waals surface area contributed by atoms with Crippen molar-refractivity contribution < 1.29 is 0 Å². The van der Waals surface area contributed by atoms with Crippen molar-refractivity contribution in [3.8, 4) is 12.3 Å². The van der Waals surface area contributed by atoms with Crippen LogP contribution in [0.2, 0.25) is 0 Å². The molecule has 0 saturated heterocycles. The molecular formula is C14H20N2. The van der Waals surface area contributed by atoms with E-state index in [-0.39, 0.29) is 12.0 Å². The maximum atomic E-state index is 5.52. The van der Waals surface area contributed by atoms with E-state index < -0.39 is 0 Å². The number of hydrogen-bond donors (Lipinski definition) is 2. The lowest BCUT2D eigenvalue weighted by molar-refractivity contribution is 0.383. The first-order chi connectivity index (χ1) is 7.74. The van der Waals surface area contributed by atoms with Crippen LogP contribution in [0.4, 0.5) is 0 Å². The molecule has 0 aliphatic heterocycles. The van der Waals surface area contributed by atoms with Gasteiger partial charge in [0.15, 0.2) is 0 Å². The molecule has 3 atom stereocenters. The topological polar surface area (TPSA) is 38.0 Å². The van der Waals surface area contributed by atoms with Gasteiger partial charge >= 0.3 is 0 Å². The number of nitrogens with two attached hydrogens (primary N) is 1. The predicted molar refractivity (Wildman–Crippen MR) is 68.6 cm³/mol. The normalized spacial score (nSPS) is 16.1. The summed E-state index contributed by atoms with van der Waals surface area (Å²) in [5.74, 6) is 9.02. The summed E-state index contributed by atoms with van der Waals surface area (Å²) in [5.41, 5.74) is 3.98. The lowest BCUT2D eigenvalue weighted by Gasteiger charge is -2.28. The molecule has 0 aromatic heterocycles. The van der Waals surface area contributed by atoms with Crippen LogP contribution in [0.25, 0.3) is 0 Å². The monoisotopic (exact) mass is 216 g/mol. The van der Waals surface area contributed by atoms with Crippen molar-refractivity contribution in [2.24, 2.45) is 11.8 Å². The van der Waals surface area contributed by atoms with E-state index in [9.17, 15) is 0 Å². The van der Waals surface area contributed by atoms with Crippen molar-refractivity contribution in [2.75, 3.05) is 0 Å². The molecule has 0 saturated carbocycles. The summed E-state index contributed by atoms with van der Waals surface area (Å²) in [5, 5.41) is 0. The van der Waals surface area contributed by atoms with E-state index in [2.05, 4.69) is 37.3 Å². The highest BCUT2D eigenvalue weighted by Crippen LogP contribution is 2.29. The lowest BCUT2D eigenvalue weighted by atomic mass is 9.80. The summed E-state index contributed by atoms with van der Waals surface area (Å²) in [6.45, 7) is 4.38. The molecule has 0 heterocycles. The smallest absolute Gasteiger partial charge is 0.0885 e. The zero-order valence-corrected chi connectivity index (χ0v) is 9.98. The van der Waals surface area contributed by atoms with Gasteiger partial charge in [-0.2, -0.15) is 0 Å². The SMILES string of the molecule is C#CC(NN)C(c1ccccc1)C(C)CC. The van der Waals surface area contributed by atoms with E-state index in [0.29, 0.717) is 5.92 Å². The fourth-order valence-electron chi connectivity index (χ4n) is 2.03. The molecule has 2 nitrogen and oxygen atoms in total. The highest BCUT2D eigenvalue weighted by molar-refractivity contribution is 5.25. The minimum atomic E-state index is -0.114. The highest BCUT2D eigenvalue weighted by Gasteiger charge is 2.25. The Kier molecular flexibility index (Phi) is 5.04. The average Bonchev–Trinajstić information content (AvgIpc) is 2.36. The zero-order valence-electron chi connectivity index (χ0n) is 9.98. The summed E-state index contributed by atoms with van der Waals surface area (Å²) >= 11 is 0. The minimum Gasteiger partial charge on any atom is -0.270 e. The molecular weight excluding hydrogens is 196 g/mol. The number of rotatable bonds is 5. The molecule has 1 aromatic carbocycles. The maximum Gasteiger partial charge on any atom is 0.0885 e. The summed E-state index contributed by atoms with van der Waals surface area (Å²) in [6, 6.07) is 10.2. The first kappa shape index (κ1) is 12.8. The van der Waals surface area contributed by atoms with Crippen LogP contribution >= 0.6 is 0 Å².